The molecule has 0 amide bonds. The van der Waals surface area contributed by atoms with Crippen LogP contribution >= 0.6 is 11.8 Å². The minimum Gasteiger partial charge on any atom is -0.329 e. The Labute approximate surface area is 71.0 Å². The van der Waals surface area contributed by atoms with Crippen molar-refractivity contribution in [3.63, 3.8) is 0 Å². The molecule has 0 saturated carbocycles. The molecule has 3 nitrogen and oxygen atoms in total. The molecule has 0 aliphatic carbocycles. The van der Waals surface area contributed by atoms with Crippen molar-refractivity contribution in [2.75, 3.05) is 6.54 Å². The van der Waals surface area contributed by atoms with E-state index >= 15 is 0 Å². The molecule has 4 heteroatoms. The number of nitrogens with zero attached hydrogens (tertiary/aromatic N) is 2. The number of hydrogen-bond donors (Lipinski definition) is 1. The maximum Gasteiger partial charge on any atom is 0.0866 e. The standard InChI is InChI=1S/C7H13N3S/c1-7(5-8)11-6-10-4-2-3-9-10/h2-4,7H,5-6,8H2,1H3. The molecule has 62 valence electrons. The largest absolute Gasteiger partial charge is 0.329 e. The molecule has 0 bridgehead atoms. The van der Waals surface area contributed by atoms with Crippen LogP contribution in [0.1, 0.15) is 6.92 Å². The van der Waals surface area contributed by atoms with Crippen LogP contribution in [0.3, 0.4) is 0 Å². The van der Waals surface area contributed by atoms with E-state index in [2.05, 4.69) is 12.0 Å². The summed E-state index contributed by atoms with van der Waals surface area (Å²) in [6.45, 7) is 2.85. The zero-order valence-electron chi connectivity index (χ0n) is 6.60. The lowest BCUT2D eigenvalue weighted by atomic mass is 10.5. The third-order valence-electron chi connectivity index (χ3n) is 1.38. The predicted molar refractivity (Wildman–Crippen MR) is 48.3 cm³/mol. The molecule has 0 saturated heterocycles. The van der Waals surface area contributed by atoms with Gasteiger partial charge in [-0.25, -0.2) is 0 Å². The van der Waals surface area contributed by atoms with Crippen molar-refractivity contribution in [2.24, 2.45) is 5.73 Å². The Morgan fingerprint density at radius 2 is 2.55 bits per heavy atom. The third-order valence-corrected chi connectivity index (χ3v) is 2.56. The smallest absolute Gasteiger partial charge is 0.0866 e. The second kappa shape index (κ2) is 4.41. The van der Waals surface area contributed by atoms with Crippen LogP contribution in [0, 0.1) is 0 Å². The van der Waals surface area contributed by atoms with Gasteiger partial charge in [0.25, 0.3) is 0 Å². The topological polar surface area (TPSA) is 43.8 Å². The first-order chi connectivity index (χ1) is 5.33. The van der Waals surface area contributed by atoms with E-state index in [9.17, 15) is 0 Å². The summed E-state index contributed by atoms with van der Waals surface area (Å²) in [4.78, 5) is 0. The molecule has 0 aliphatic rings. The van der Waals surface area contributed by atoms with Crippen LogP contribution in [-0.2, 0) is 5.88 Å². The van der Waals surface area contributed by atoms with Crippen LogP contribution < -0.4 is 5.73 Å². The van der Waals surface area contributed by atoms with E-state index in [1.54, 1.807) is 6.20 Å². The number of aromatic nitrogens is 2. The first-order valence-electron chi connectivity index (χ1n) is 3.62. The lowest BCUT2D eigenvalue weighted by Gasteiger charge is -2.06. The molecule has 11 heavy (non-hydrogen) atoms. The van der Waals surface area contributed by atoms with Gasteiger partial charge in [0, 0.05) is 24.2 Å². The summed E-state index contributed by atoms with van der Waals surface area (Å²) in [6, 6.07) is 1.92. The molecule has 1 atom stereocenters. The Balaban J connectivity index is 2.23. The van der Waals surface area contributed by atoms with Gasteiger partial charge in [-0.1, -0.05) is 6.92 Å². The minimum atomic E-state index is 0.513. The summed E-state index contributed by atoms with van der Waals surface area (Å²) < 4.78 is 1.90. The van der Waals surface area contributed by atoms with Gasteiger partial charge in [-0.3, -0.25) is 4.68 Å². The monoisotopic (exact) mass is 171 g/mol. The highest BCUT2D eigenvalue weighted by molar-refractivity contribution is 7.98. The molecule has 1 aromatic heterocycles. The van der Waals surface area contributed by atoms with E-state index in [1.807, 2.05) is 28.7 Å². The highest BCUT2D eigenvalue weighted by atomic mass is 32.2. The van der Waals surface area contributed by atoms with Gasteiger partial charge in [-0.05, 0) is 6.07 Å². The van der Waals surface area contributed by atoms with Crippen molar-refractivity contribution in [3.05, 3.63) is 18.5 Å². The van der Waals surface area contributed by atoms with Gasteiger partial charge in [0.1, 0.15) is 0 Å². The van der Waals surface area contributed by atoms with Crippen LogP contribution in [0.25, 0.3) is 0 Å². The van der Waals surface area contributed by atoms with Crippen LogP contribution in [0.5, 0.6) is 0 Å². The second-order valence-corrected chi connectivity index (χ2v) is 3.78. The Morgan fingerprint density at radius 1 is 1.73 bits per heavy atom. The highest BCUT2D eigenvalue weighted by Crippen LogP contribution is 2.10. The fourth-order valence-electron chi connectivity index (χ4n) is 0.648. The molecule has 0 aliphatic heterocycles. The molecule has 0 aromatic carbocycles. The molecule has 0 spiro atoms. The van der Waals surface area contributed by atoms with Gasteiger partial charge < -0.3 is 5.73 Å². The van der Waals surface area contributed by atoms with Gasteiger partial charge in [0.15, 0.2) is 0 Å². The van der Waals surface area contributed by atoms with Crippen LogP contribution in [0.4, 0.5) is 0 Å². The van der Waals surface area contributed by atoms with Gasteiger partial charge in [-0.15, -0.1) is 11.8 Å². The SMILES string of the molecule is CC(CN)SCn1cccn1. The molecule has 0 fully saturated rings. The van der Waals surface area contributed by atoms with E-state index in [-0.39, 0.29) is 0 Å². The lowest BCUT2D eigenvalue weighted by Crippen LogP contribution is -2.13. The van der Waals surface area contributed by atoms with Crippen molar-refractivity contribution in [3.8, 4) is 0 Å². The summed E-state index contributed by atoms with van der Waals surface area (Å²) in [5.74, 6) is 0.894. The van der Waals surface area contributed by atoms with Crippen molar-refractivity contribution in [2.45, 2.75) is 18.1 Å². The molecular formula is C7H13N3S. The zero-order valence-corrected chi connectivity index (χ0v) is 7.42. The molecule has 1 aromatic rings. The Kier molecular flexibility index (Phi) is 3.45. The molecule has 0 radical (unpaired) electrons. The summed E-state index contributed by atoms with van der Waals surface area (Å²) in [7, 11) is 0. The van der Waals surface area contributed by atoms with Crippen molar-refractivity contribution in [1.29, 1.82) is 0 Å². The van der Waals surface area contributed by atoms with Gasteiger partial charge in [-0.2, -0.15) is 5.10 Å². The van der Waals surface area contributed by atoms with E-state index in [0.29, 0.717) is 5.25 Å². The number of thioether (sulfide) groups is 1. The number of nitrogens with two attached hydrogens (primary N) is 1. The average molecular weight is 171 g/mol. The maximum absolute atomic E-state index is 5.46. The molecule has 2 N–H and O–H groups in total. The van der Waals surface area contributed by atoms with Crippen LogP contribution in [0.15, 0.2) is 18.5 Å². The molecule has 1 rings (SSSR count). The lowest BCUT2D eigenvalue weighted by molar-refractivity contribution is 0.746. The predicted octanol–water partition coefficient (Wildman–Crippen LogP) is 0.921. The Morgan fingerprint density at radius 3 is 3.09 bits per heavy atom. The van der Waals surface area contributed by atoms with Crippen LogP contribution in [-0.4, -0.2) is 21.6 Å². The second-order valence-electron chi connectivity index (χ2n) is 2.39. The van der Waals surface area contributed by atoms with Crippen molar-refractivity contribution in [1.82, 2.24) is 9.78 Å². The molecular weight excluding hydrogens is 158 g/mol. The summed E-state index contributed by atoms with van der Waals surface area (Å²) in [6.07, 6.45) is 3.74. The normalized spacial score (nSPS) is 13.3. The fraction of sp³-hybridized carbons (Fsp3) is 0.571. The Hall–Kier alpha value is -0.480. The fourth-order valence-corrected chi connectivity index (χ4v) is 1.34. The summed E-state index contributed by atoms with van der Waals surface area (Å²) >= 11 is 1.81. The van der Waals surface area contributed by atoms with E-state index in [0.717, 1.165) is 12.4 Å². The average Bonchev–Trinajstić information content (AvgIpc) is 2.52. The molecule has 1 unspecified atom stereocenters. The van der Waals surface area contributed by atoms with Crippen LogP contribution in [0.2, 0.25) is 0 Å². The minimum absolute atomic E-state index is 0.513. The van der Waals surface area contributed by atoms with Gasteiger partial charge in [0.2, 0.25) is 0 Å². The summed E-state index contributed by atoms with van der Waals surface area (Å²) in [5, 5.41) is 4.59. The van der Waals surface area contributed by atoms with Gasteiger partial charge >= 0.3 is 0 Å². The quantitative estimate of drug-likeness (QED) is 0.732. The van der Waals surface area contributed by atoms with E-state index in [4.69, 9.17) is 5.73 Å². The molecule has 1 heterocycles. The first kappa shape index (κ1) is 8.62. The van der Waals surface area contributed by atoms with Crippen molar-refractivity contribution >= 4 is 11.8 Å². The number of rotatable bonds is 4. The Bertz CT molecular complexity index is 186. The van der Waals surface area contributed by atoms with E-state index < -0.39 is 0 Å². The maximum atomic E-state index is 5.46. The first-order valence-corrected chi connectivity index (χ1v) is 4.67. The van der Waals surface area contributed by atoms with E-state index in [1.165, 1.54) is 0 Å². The summed E-state index contributed by atoms with van der Waals surface area (Å²) in [5.41, 5.74) is 5.46. The zero-order chi connectivity index (χ0) is 8.10. The highest BCUT2D eigenvalue weighted by Gasteiger charge is 1.98. The third kappa shape index (κ3) is 2.95. The van der Waals surface area contributed by atoms with Crippen molar-refractivity contribution < 1.29 is 0 Å². The van der Waals surface area contributed by atoms with Gasteiger partial charge in [0.05, 0.1) is 5.88 Å². The number of hydrogen-bond acceptors (Lipinski definition) is 3.